The van der Waals surface area contributed by atoms with Gasteiger partial charge in [0.25, 0.3) is 5.91 Å². The number of ether oxygens (including phenoxy) is 1. The Morgan fingerprint density at radius 3 is 2.48 bits per heavy atom. The summed E-state index contributed by atoms with van der Waals surface area (Å²) in [5.41, 5.74) is 7.58. The second kappa shape index (κ2) is 8.64. The zero-order valence-electron chi connectivity index (χ0n) is 13.5. The molecule has 0 aliphatic carbocycles. The molecule has 1 atom stereocenters. The van der Waals surface area contributed by atoms with Gasteiger partial charge in [0, 0.05) is 31.9 Å². The molecule has 1 heterocycles. The molecule has 23 heavy (non-hydrogen) atoms. The number of nitrogens with one attached hydrogen (secondary N) is 2. The molecule has 0 radical (unpaired) electrons. The first-order valence-corrected chi connectivity index (χ1v) is 8.10. The van der Waals surface area contributed by atoms with Crippen LogP contribution in [0, 0.1) is 5.92 Å². The third-order valence-corrected chi connectivity index (χ3v) is 4.10. The van der Waals surface area contributed by atoms with Crippen LogP contribution in [-0.2, 0) is 16.1 Å². The number of hydrogen-bond acceptors (Lipinski definition) is 4. The molecule has 1 aliphatic heterocycles. The number of amides is 2. The average molecular weight is 319 g/mol. The molecule has 0 saturated carbocycles. The van der Waals surface area contributed by atoms with Gasteiger partial charge >= 0.3 is 0 Å². The maximum absolute atomic E-state index is 12.1. The Kier molecular flexibility index (Phi) is 6.55. The van der Waals surface area contributed by atoms with Gasteiger partial charge in [0.05, 0.1) is 6.04 Å². The van der Waals surface area contributed by atoms with Gasteiger partial charge in [-0.1, -0.05) is 12.1 Å². The van der Waals surface area contributed by atoms with Crippen LogP contribution in [0.2, 0.25) is 0 Å². The van der Waals surface area contributed by atoms with Crippen molar-refractivity contribution in [3.63, 3.8) is 0 Å². The van der Waals surface area contributed by atoms with Crippen molar-refractivity contribution in [2.24, 2.45) is 11.7 Å². The highest BCUT2D eigenvalue weighted by molar-refractivity contribution is 5.94. The molecular weight excluding hydrogens is 294 g/mol. The number of carbonyl (C=O) groups excluding carboxylic acids is 2. The topological polar surface area (TPSA) is 93.5 Å². The summed E-state index contributed by atoms with van der Waals surface area (Å²) >= 11 is 0. The lowest BCUT2D eigenvalue weighted by Crippen LogP contribution is -2.46. The molecule has 6 heteroatoms. The summed E-state index contributed by atoms with van der Waals surface area (Å²) in [6, 6.07) is 6.69. The number of carbonyl (C=O) groups is 2. The Morgan fingerprint density at radius 2 is 1.87 bits per heavy atom. The molecule has 2 amide bonds. The van der Waals surface area contributed by atoms with Crippen molar-refractivity contribution in [2.45, 2.75) is 32.4 Å². The van der Waals surface area contributed by atoms with Gasteiger partial charge in [0.15, 0.2) is 0 Å². The van der Waals surface area contributed by atoms with E-state index in [1.165, 1.54) is 0 Å². The Balaban J connectivity index is 1.82. The molecule has 1 aliphatic rings. The summed E-state index contributed by atoms with van der Waals surface area (Å²) in [5, 5.41) is 5.61. The van der Waals surface area contributed by atoms with E-state index >= 15 is 0 Å². The quantitative estimate of drug-likeness (QED) is 0.723. The third kappa shape index (κ3) is 5.04. The first kappa shape index (κ1) is 17.4. The van der Waals surface area contributed by atoms with Crippen molar-refractivity contribution in [1.29, 1.82) is 0 Å². The highest BCUT2D eigenvalue weighted by atomic mass is 16.5. The van der Waals surface area contributed by atoms with E-state index in [0.717, 1.165) is 18.4 Å². The van der Waals surface area contributed by atoms with E-state index in [1.807, 2.05) is 19.1 Å². The molecule has 0 aromatic heterocycles. The van der Waals surface area contributed by atoms with E-state index in [1.54, 1.807) is 12.1 Å². The fourth-order valence-electron chi connectivity index (χ4n) is 2.63. The third-order valence-electron chi connectivity index (χ3n) is 4.10. The molecule has 2 rings (SSSR count). The smallest absolute Gasteiger partial charge is 0.251 e. The molecule has 126 valence electrons. The lowest BCUT2D eigenvalue weighted by Gasteiger charge is -2.26. The van der Waals surface area contributed by atoms with E-state index in [0.29, 0.717) is 31.9 Å². The van der Waals surface area contributed by atoms with E-state index in [9.17, 15) is 9.59 Å². The number of hydrogen-bond donors (Lipinski definition) is 3. The minimum Gasteiger partial charge on any atom is -0.381 e. The number of benzene rings is 1. The molecule has 1 aromatic rings. The van der Waals surface area contributed by atoms with Crippen molar-refractivity contribution >= 4 is 11.8 Å². The second-order valence-electron chi connectivity index (χ2n) is 5.75. The summed E-state index contributed by atoms with van der Waals surface area (Å²) in [6.07, 6.45) is 1.66. The van der Waals surface area contributed by atoms with Gasteiger partial charge < -0.3 is 21.1 Å². The Bertz CT molecular complexity index is 524. The fraction of sp³-hybridized carbons (Fsp3) is 0.529. The van der Waals surface area contributed by atoms with Gasteiger partial charge in [-0.3, -0.25) is 9.59 Å². The van der Waals surface area contributed by atoms with Crippen LogP contribution in [0.5, 0.6) is 0 Å². The van der Waals surface area contributed by atoms with Gasteiger partial charge in [-0.2, -0.15) is 0 Å². The molecule has 1 unspecified atom stereocenters. The van der Waals surface area contributed by atoms with Crippen LogP contribution in [0.4, 0.5) is 0 Å². The van der Waals surface area contributed by atoms with E-state index in [-0.39, 0.29) is 17.7 Å². The van der Waals surface area contributed by atoms with Crippen LogP contribution in [0.3, 0.4) is 0 Å². The Labute approximate surface area is 136 Å². The summed E-state index contributed by atoms with van der Waals surface area (Å²) in [4.78, 5) is 23.8. The summed E-state index contributed by atoms with van der Waals surface area (Å²) < 4.78 is 5.29. The normalized spacial score (nSPS) is 16.6. The van der Waals surface area contributed by atoms with Gasteiger partial charge in [0.2, 0.25) is 5.91 Å². The highest BCUT2D eigenvalue weighted by Crippen LogP contribution is 2.17. The maximum Gasteiger partial charge on any atom is 0.251 e. The molecule has 1 fully saturated rings. The van der Waals surface area contributed by atoms with Crippen LogP contribution < -0.4 is 16.4 Å². The van der Waals surface area contributed by atoms with Crippen molar-refractivity contribution in [3.8, 4) is 0 Å². The van der Waals surface area contributed by atoms with Gasteiger partial charge in [0.1, 0.15) is 0 Å². The first-order valence-electron chi connectivity index (χ1n) is 8.10. The largest absolute Gasteiger partial charge is 0.381 e. The number of nitrogens with two attached hydrogens (primary N) is 1. The zero-order valence-corrected chi connectivity index (χ0v) is 13.5. The monoisotopic (exact) mass is 319 g/mol. The average Bonchev–Trinajstić information content (AvgIpc) is 2.60. The fourth-order valence-corrected chi connectivity index (χ4v) is 2.63. The van der Waals surface area contributed by atoms with Crippen LogP contribution in [-0.4, -0.2) is 37.6 Å². The summed E-state index contributed by atoms with van der Waals surface area (Å²) in [6.45, 7) is 4.23. The zero-order chi connectivity index (χ0) is 16.7. The molecule has 6 nitrogen and oxygen atoms in total. The lowest BCUT2D eigenvalue weighted by atomic mass is 9.92. The molecule has 1 saturated heterocycles. The minimum atomic E-state index is -0.492. The van der Waals surface area contributed by atoms with Crippen molar-refractivity contribution in [2.75, 3.05) is 19.8 Å². The van der Waals surface area contributed by atoms with Gasteiger partial charge in [-0.05, 0) is 43.4 Å². The molecule has 4 N–H and O–H groups in total. The van der Waals surface area contributed by atoms with Crippen molar-refractivity contribution in [1.82, 2.24) is 10.6 Å². The maximum atomic E-state index is 12.1. The molecular formula is C17H25N3O3. The predicted octanol–water partition coefficient (Wildman–Crippen LogP) is 0.806. The van der Waals surface area contributed by atoms with E-state index in [2.05, 4.69) is 10.6 Å². The number of rotatable bonds is 6. The molecule has 0 spiro atoms. The Morgan fingerprint density at radius 1 is 1.22 bits per heavy atom. The summed E-state index contributed by atoms with van der Waals surface area (Å²) in [7, 11) is 0. The predicted molar refractivity (Wildman–Crippen MR) is 87.8 cm³/mol. The van der Waals surface area contributed by atoms with Gasteiger partial charge in [-0.15, -0.1) is 0 Å². The summed E-state index contributed by atoms with van der Waals surface area (Å²) in [5.74, 6) is -0.0433. The van der Waals surface area contributed by atoms with E-state index in [4.69, 9.17) is 10.5 Å². The van der Waals surface area contributed by atoms with Crippen LogP contribution in [0.25, 0.3) is 0 Å². The second-order valence-corrected chi connectivity index (χ2v) is 5.75. The Hall–Kier alpha value is -1.92. The van der Waals surface area contributed by atoms with Crippen LogP contribution in [0.1, 0.15) is 35.7 Å². The highest BCUT2D eigenvalue weighted by Gasteiger charge is 2.26. The van der Waals surface area contributed by atoms with Crippen molar-refractivity contribution in [3.05, 3.63) is 35.4 Å². The standard InChI is InChI=1S/C17H25N3O3/c1-2-19-16(21)14-5-3-12(4-6-14)11-20-17(22)15(18)13-7-9-23-10-8-13/h3-6,13,15H,2,7-11,18H2,1H3,(H,19,21)(H,20,22). The van der Waals surface area contributed by atoms with Gasteiger partial charge in [-0.25, -0.2) is 0 Å². The van der Waals surface area contributed by atoms with Crippen LogP contribution >= 0.6 is 0 Å². The SMILES string of the molecule is CCNC(=O)c1ccc(CNC(=O)C(N)C2CCOCC2)cc1. The molecule has 1 aromatic carbocycles. The molecule has 0 bridgehead atoms. The minimum absolute atomic E-state index is 0.0929. The van der Waals surface area contributed by atoms with Crippen LogP contribution in [0.15, 0.2) is 24.3 Å². The first-order chi connectivity index (χ1) is 11.1. The lowest BCUT2D eigenvalue weighted by molar-refractivity contribution is -0.124. The van der Waals surface area contributed by atoms with E-state index < -0.39 is 6.04 Å². The van der Waals surface area contributed by atoms with Crippen molar-refractivity contribution < 1.29 is 14.3 Å².